The molecule has 1 rings (SSSR count). The maximum absolute atomic E-state index is 11.7. The number of hydrogen-bond donors (Lipinski definition) is 1. The second-order valence-electron chi connectivity index (χ2n) is 4.17. The van der Waals surface area contributed by atoms with E-state index in [2.05, 4.69) is 6.58 Å². The molecule has 0 bridgehead atoms. The van der Waals surface area contributed by atoms with Crippen LogP contribution in [-0.4, -0.2) is 35.0 Å². The second kappa shape index (κ2) is 6.30. The van der Waals surface area contributed by atoms with E-state index in [4.69, 9.17) is 5.11 Å². The fourth-order valence-electron chi connectivity index (χ4n) is 1.93. The Kier molecular flexibility index (Phi) is 5.02. The van der Waals surface area contributed by atoms with Gasteiger partial charge in [0.05, 0.1) is 5.92 Å². The molecule has 1 heterocycles. The number of likely N-dealkylation sites (tertiary alicyclic amines) is 1. The number of hydrogen-bond acceptors (Lipinski definition) is 2. The third-order valence-electron chi connectivity index (χ3n) is 3.00. The summed E-state index contributed by atoms with van der Waals surface area (Å²) in [7, 11) is 0. The molecule has 0 aliphatic carbocycles. The summed E-state index contributed by atoms with van der Waals surface area (Å²) in [4.78, 5) is 24.2. The van der Waals surface area contributed by atoms with Crippen LogP contribution in [0.15, 0.2) is 12.7 Å². The Balaban J connectivity index is 2.27. The van der Waals surface area contributed by atoms with Crippen LogP contribution in [0.25, 0.3) is 0 Å². The summed E-state index contributed by atoms with van der Waals surface area (Å²) < 4.78 is 0. The molecule has 1 N–H and O–H groups in total. The second-order valence-corrected chi connectivity index (χ2v) is 4.17. The number of carbonyl (C=O) groups is 2. The summed E-state index contributed by atoms with van der Waals surface area (Å²) in [6.45, 7) is 4.78. The summed E-state index contributed by atoms with van der Waals surface area (Å²) in [5.74, 6) is -0.860. The minimum atomic E-state index is -0.737. The zero-order valence-electron chi connectivity index (χ0n) is 9.52. The Morgan fingerprint density at radius 1 is 1.38 bits per heavy atom. The number of carboxylic acids is 1. The van der Waals surface area contributed by atoms with Crippen molar-refractivity contribution in [1.82, 2.24) is 4.90 Å². The Morgan fingerprint density at radius 2 is 2.00 bits per heavy atom. The summed E-state index contributed by atoms with van der Waals surface area (Å²) in [5, 5.41) is 8.82. The molecule has 1 aliphatic heterocycles. The van der Waals surface area contributed by atoms with E-state index in [-0.39, 0.29) is 11.8 Å². The maximum atomic E-state index is 11.7. The van der Waals surface area contributed by atoms with Crippen molar-refractivity contribution in [2.75, 3.05) is 13.1 Å². The fourth-order valence-corrected chi connectivity index (χ4v) is 1.93. The van der Waals surface area contributed by atoms with Crippen LogP contribution in [0.2, 0.25) is 0 Å². The van der Waals surface area contributed by atoms with Crippen molar-refractivity contribution in [2.45, 2.75) is 32.1 Å². The smallest absolute Gasteiger partial charge is 0.306 e. The number of aliphatic carboxylic acids is 1. The van der Waals surface area contributed by atoms with Gasteiger partial charge in [-0.3, -0.25) is 9.59 Å². The monoisotopic (exact) mass is 225 g/mol. The third-order valence-corrected chi connectivity index (χ3v) is 3.00. The van der Waals surface area contributed by atoms with Gasteiger partial charge >= 0.3 is 5.97 Å². The number of allylic oxidation sites excluding steroid dienone is 1. The van der Waals surface area contributed by atoms with Crippen molar-refractivity contribution in [1.29, 1.82) is 0 Å². The quantitative estimate of drug-likeness (QED) is 0.572. The van der Waals surface area contributed by atoms with Crippen molar-refractivity contribution >= 4 is 11.9 Å². The van der Waals surface area contributed by atoms with E-state index in [1.807, 2.05) is 6.08 Å². The molecule has 0 aromatic heterocycles. The first kappa shape index (κ1) is 12.7. The molecule has 4 nitrogen and oxygen atoms in total. The Bertz CT molecular complexity index is 267. The number of rotatable bonds is 5. The average molecular weight is 225 g/mol. The zero-order chi connectivity index (χ0) is 12.0. The van der Waals surface area contributed by atoms with Gasteiger partial charge in [-0.25, -0.2) is 0 Å². The number of amides is 1. The molecule has 0 aromatic carbocycles. The van der Waals surface area contributed by atoms with Gasteiger partial charge in [-0.05, 0) is 25.7 Å². The summed E-state index contributed by atoms with van der Waals surface area (Å²) in [5.41, 5.74) is 0. The van der Waals surface area contributed by atoms with Gasteiger partial charge in [-0.1, -0.05) is 6.08 Å². The van der Waals surface area contributed by atoms with Gasteiger partial charge < -0.3 is 10.0 Å². The average Bonchev–Trinajstić information content (AvgIpc) is 2.29. The Labute approximate surface area is 95.9 Å². The molecule has 0 atom stereocenters. The number of carbonyl (C=O) groups excluding carboxylic acids is 1. The van der Waals surface area contributed by atoms with E-state index in [0.717, 1.165) is 12.8 Å². The summed E-state index contributed by atoms with van der Waals surface area (Å²) >= 11 is 0. The number of unbranched alkanes of at least 4 members (excludes halogenated alkanes) is 1. The lowest BCUT2D eigenvalue weighted by molar-refractivity contribution is -0.145. The number of carboxylic acid groups (broad SMARTS) is 1. The molecule has 0 saturated carbocycles. The van der Waals surface area contributed by atoms with Gasteiger partial charge in [0, 0.05) is 19.5 Å². The molecule has 0 radical (unpaired) electrons. The fraction of sp³-hybridized carbons (Fsp3) is 0.667. The molecule has 1 aliphatic rings. The lowest BCUT2D eigenvalue weighted by Crippen LogP contribution is -2.40. The van der Waals surface area contributed by atoms with Crippen LogP contribution in [0, 0.1) is 5.92 Å². The van der Waals surface area contributed by atoms with Gasteiger partial charge in [-0.2, -0.15) is 0 Å². The molecule has 1 saturated heterocycles. The van der Waals surface area contributed by atoms with E-state index >= 15 is 0 Å². The minimum absolute atomic E-state index is 0.144. The van der Waals surface area contributed by atoms with Crippen molar-refractivity contribution < 1.29 is 14.7 Å². The minimum Gasteiger partial charge on any atom is -0.481 e. The molecule has 90 valence electrons. The Hall–Kier alpha value is -1.32. The van der Waals surface area contributed by atoms with Crippen molar-refractivity contribution in [2.24, 2.45) is 5.92 Å². The SMILES string of the molecule is C=CCCCC(=O)N1CCC(C(=O)O)CC1. The van der Waals surface area contributed by atoms with Gasteiger partial charge in [0.1, 0.15) is 0 Å². The van der Waals surface area contributed by atoms with Crippen LogP contribution in [0.3, 0.4) is 0 Å². The van der Waals surface area contributed by atoms with E-state index in [1.165, 1.54) is 0 Å². The molecular weight excluding hydrogens is 206 g/mol. The van der Waals surface area contributed by atoms with E-state index in [9.17, 15) is 9.59 Å². The standard InChI is InChI=1S/C12H19NO3/c1-2-3-4-5-11(14)13-8-6-10(7-9-13)12(15)16/h2,10H,1,3-9H2,(H,15,16). The normalized spacial score (nSPS) is 17.1. The van der Waals surface area contributed by atoms with Gasteiger partial charge in [0.2, 0.25) is 5.91 Å². The first-order valence-electron chi connectivity index (χ1n) is 5.76. The molecule has 0 unspecified atom stereocenters. The van der Waals surface area contributed by atoms with E-state index in [1.54, 1.807) is 4.90 Å². The highest BCUT2D eigenvalue weighted by Gasteiger charge is 2.26. The highest BCUT2D eigenvalue weighted by Crippen LogP contribution is 2.18. The van der Waals surface area contributed by atoms with E-state index < -0.39 is 5.97 Å². The van der Waals surface area contributed by atoms with Gasteiger partial charge in [0.15, 0.2) is 0 Å². The van der Waals surface area contributed by atoms with Crippen LogP contribution in [0.1, 0.15) is 32.1 Å². The summed E-state index contributed by atoms with van der Waals surface area (Å²) in [6.07, 6.45) is 5.22. The van der Waals surface area contributed by atoms with Gasteiger partial charge in [0.25, 0.3) is 0 Å². The first-order valence-corrected chi connectivity index (χ1v) is 5.76. The topological polar surface area (TPSA) is 57.6 Å². The lowest BCUT2D eigenvalue weighted by atomic mass is 9.97. The predicted octanol–water partition coefficient (Wildman–Crippen LogP) is 1.67. The number of piperidine rings is 1. The van der Waals surface area contributed by atoms with Gasteiger partial charge in [-0.15, -0.1) is 6.58 Å². The molecule has 0 aromatic rings. The molecule has 0 spiro atoms. The van der Waals surface area contributed by atoms with Crippen molar-refractivity contribution in [3.63, 3.8) is 0 Å². The highest BCUT2D eigenvalue weighted by atomic mass is 16.4. The van der Waals surface area contributed by atoms with Crippen LogP contribution in [0.5, 0.6) is 0 Å². The lowest BCUT2D eigenvalue weighted by Gasteiger charge is -2.30. The van der Waals surface area contributed by atoms with Crippen LogP contribution in [-0.2, 0) is 9.59 Å². The number of nitrogens with zero attached hydrogens (tertiary/aromatic N) is 1. The summed E-state index contributed by atoms with van der Waals surface area (Å²) in [6, 6.07) is 0. The first-order chi connectivity index (χ1) is 7.65. The molecule has 4 heteroatoms. The third kappa shape index (κ3) is 3.68. The van der Waals surface area contributed by atoms with E-state index in [0.29, 0.717) is 32.4 Å². The van der Waals surface area contributed by atoms with Crippen molar-refractivity contribution in [3.8, 4) is 0 Å². The largest absolute Gasteiger partial charge is 0.481 e. The zero-order valence-corrected chi connectivity index (χ0v) is 9.52. The molecule has 1 amide bonds. The molecule has 1 fully saturated rings. The maximum Gasteiger partial charge on any atom is 0.306 e. The molecule has 16 heavy (non-hydrogen) atoms. The van der Waals surface area contributed by atoms with Crippen molar-refractivity contribution in [3.05, 3.63) is 12.7 Å². The van der Waals surface area contributed by atoms with Crippen LogP contribution in [0.4, 0.5) is 0 Å². The molecular formula is C12H19NO3. The Morgan fingerprint density at radius 3 is 2.50 bits per heavy atom. The highest BCUT2D eigenvalue weighted by molar-refractivity contribution is 5.77. The predicted molar refractivity (Wildman–Crippen MR) is 61.0 cm³/mol. The van der Waals surface area contributed by atoms with Crippen LogP contribution < -0.4 is 0 Å². The van der Waals surface area contributed by atoms with Crippen LogP contribution >= 0.6 is 0 Å².